The van der Waals surface area contributed by atoms with Crippen molar-refractivity contribution in [2.45, 2.75) is 26.3 Å². The number of nitrogens with one attached hydrogen (secondary N) is 1. The van der Waals surface area contributed by atoms with Gasteiger partial charge in [-0.05, 0) is 19.4 Å². The summed E-state index contributed by atoms with van der Waals surface area (Å²) < 4.78 is 1.64. The van der Waals surface area contributed by atoms with E-state index < -0.39 is 12.0 Å². The number of hydrogen-bond acceptors (Lipinski definition) is 3. The van der Waals surface area contributed by atoms with E-state index in [4.69, 9.17) is 5.11 Å². The van der Waals surface area contributed by atoms with Crippen molar-refractivity contribution in [3.63, 3.8) is 0 Å². The molecule has 1 aromatic carbocycles. The molecule has 1 aromatic heterocycles. The second-order valence-electron chi connectivity index (χ2n) is 5.20. The van der Waals surface area contributed by atoms with E-state index in [9.17, 15) is 9.59 Å². The summed E-state index contributed by atoms with van der Waals surface area (Å²) in [5.74, 6) is -1.27. The molecule has 1 amide bonds. The van der Waals surface area contributed by atoms with Gasteiger partial charge in [0.15, 0.2) is 0 Å². The molecule has 0 aliphatic carbocycles. The predicted octanol–water partition coefficient (Wildman–Crippen LogP) is 1.98. The number of nitrogens with zero attached hydrogens (tertiary/aromatic N) is 2. The van der Waals surface area contributed by atoms with Crippen molar-refractivity contribution in [3.05, 3.63) is 52.8 Å². The molecule has 1 heterocycles. The first-order chi connectivity index (χ1) is 10.4. The normalized spacial score (nSPS) is 12.0. The molecule has 2 rings (SSSR count). The summed E-state index contributed by atoms with van der Waals surface area (Å²) in [6, 6.07) is 8.50. The van der Waals surface area contributed by atoms with Crippen molar-refractivity contribution < 1.29 is 14.7 Å². The number of benzene rings is 1. The lowest BCUT2D eigenvalue weighted by Crippen LogP contribution is -2.31. The van der Waals surface area contributed by atoms with Gasteiger partial charge in [0.25, 0.3) is 5.91 Å². The second-order valence-corrected chi connectivity index (χ2v) is 5.20. The van der Waals surface area contributed by atoms with Crippen LogP contribution in [0.1, 0.15) is 39.8 Å². The zero-order valence-corrected chi connectivity index (χ0v) is 12.8. The van der Waals surface area contributed by atoms with Crippen LogP contribution in [0.2, 0.25) is 0 Å². The highest BCUT2D eigenvalue weighted by Crippen LogP contribution is 2.19. The van der Waals surface area contributed by atoms with E-state index in [1.807, 2.05) is 25.1 Å². The molecule has 0 saturated carbocycles. The third-order valence-electron chi connectivity index (χ3n) is 3.62. The summed E-state index contributed by atoms with van der Waals surface area (Å²) in [7, 11) is 1.77. The Morgan fingerprint density at radius 1 is 1.27 bits per heavy atom. The standard InChI is InChI=1S/C16H19N3O3/c1-10-15(11(2)19(3)18-10)16(22)17-13(9-14(20)21)12-7-5-4-6-8-12/h4-8,13H,9H2,1-3H3,(H,17,22)(H,20,21). The van der Waals surface area contributed by atoms with Crippen molar-refractivity contribution >= 4 is 11.9 Å². The molecule has 0 radical (unpaired) electrons. The third kappa shape index (κ3) is 3.33. The molecule has 1 unspecified atom stereocenters. The van der Waals surface area contributed by atoms with Crippen LogP contribution in [0.3, 0.4) is 0 Å². The van der Waals surface area contributed by atoms with Crippen LogP contribution in [-0.2, 0) is 11.8 Å². The first-order valence-electron chi connectivity index (χ1n) is 6.98. The summed E-state index contributed by atoms with van der Waals surface area (Å²) in [5.41, 5.74) is 2.63. The minimum atomic E-state index is -0.964. The molecular weight excluding hydrogens is 282 g/mol. The van der Waals surface area contributed by atoms with E-state index in [0.717, 1.165) is 11.3 Å². The minimum Gasteiger partial charge on any atom is -0.481 e. The van der Waals surface area contributed by atoms with Crippen LogP contribution in [0.25, 0.3) is 0 Å². The highest BCUT2D eigenvalue weighted by atomic mass is 16.4. The maximum absolute atomic E-state index is 12.5. The lowest BCUT2D eigenvalue weighted by molar-refractivity contribution is -0.137. The number of amides is 1. The van der Waals surface area contributed by atoms with Gasteiger partial charge in [0.05, 0.1) is 23.7 Å². The van der Waals surface area contributed by atoms with Crippen molar-refractivity contribution in [2.75, 3.05) is 0 Å². The molecule has 22 heavy (non-hydrogen) atoms. The summed E-state index contributed by atoms with van der Waals surface area (Å²) in [4.78, 5) is 23.6. The second kappa shape index (κ2) is 6.43. The van der Waals surface area contributed by atoms with Gasteiger partial charge < -0.3 is 10.4 Å². The number of rotatable bonds is 5. The maximum Gasteiger partial charge on any atom is 0.305 e. The van der Waals surface area contributed by atoms with E-state index in [2.05, 4.69) is 10.4 Å². The fourth-order valence-electron chi connectivity index (χ4n) is 2.44. The number of aryl methyl sites for hydroxylation is 2. The van der Waals surface area contributed by atoms with Gasteiger partial charge in [0.1, 0.15) is 0 Å². The molecular formula is C16H19N3O3. The van der Waals surface area contributed by atoms with Crippen LogP contribution in [0.5, 0.6) is 0 Å². The quantitative estimate of drug-likeness (QED) is 0.884. The van der Waals surface area contributed by atoms with Gasteiger partial charge in [-0.25, -0.2) is 0 Å². The van der Waals surface area contributed by atoms with E-state index in [1.165, 1.54) is 0 Å². The summed E-state index contributed by atoms with van der Waals surface area (Å²) in [5, 5.41) is 16.1. The highest BCUT2D eigenvalue weighted by molar-refractivity contribution is 5.96. The van der Waals surface area contributed by atoms with Crippen LogP contribution in [-0.4, -0.2) is 26.8 Å². The number of aromatic nitrogens is 2. The Kier molecular flexibility index (Phi) is 4.60. The first-order valence-corrected chi connectivity index (χ1v) is 6.98. The SMILES string of the molecule is Cc1nn(C)c(C)c1C(=O)NC(CC(=O)O)c1ccccc1. The Labute approximate surface area is 128 Å². The average Bonchev–Trinajstić information content (AvgIpc) is 2.72. The van der Waals surface area contributed by atoms with Gasteiger partial charge in [-0.2, -0.15) is 5.10 Å². The van der Waals surface area contributed by atoms with Crippen molar-refractivity contribution in [1.82, 2.24) is 15.1 Å². The minimum absolute atomic E-state index is 0.173. The largest absolute Gasteiger partial charge is 0.481 e. The first kappa shape index (κ1) is 15.8. The molecule has 2 N–H and O–H groups in total. The Hall–Kier alpha value is -2.63. The van der Waals surface area contributed by atoms with Crippen LogP contribution in [0, 0.1) is 13.8 Å². The Balaban J connectivity index is 2.27. The number of carboxylic acid groups (broad SMARTS) is 1. The fraction of sp³-hybridized carbons (Fsp3) is 0.312. The number of carbonyl (C=O) groups is 2. The van der Waals surface area contributed by atoms with Crippen LogP contribution < -0.4 is 5.32 Å². The van der Waals surface area contributed by atoms with Gasteiger partial charge in [-0.3, -0.25) is 14.3 Å². The monoisotopic (exact) mass is 301 g/mol. The molecule has 0 spiro atoms. The smallest absolute Gasteiger partial charge is 0.305 e. The lowest BCUT2D eigenvalue weighted by Gasteiger charge is -2.17. The summed E-state index contributed by atoms with van der Waals surface area (Å²) in [6.45, 7) is 3.57. The zero-order valence-electron chi connectivity index (χ0n) is 12.8. The molecule has 1 atom stereocenters. The summed E-state index contributed by atoms with van der Waals surface area (Å²) in [6.07, 6.45) is -0.173. The number of hydrogen-bond donors (Lipinski definition) is 2. The Bertz CT molecular complexity index is 692. The molecule has 0 bridgehead atoms. The van der Waals surface area contributed by atoms with Gasteiger partial charge in [0.2, 0.25) is 0 Å². The molecule has 6 heteroatoms. The Morgan fingerprint density at radius 3 is 2.41 bits per heavy atom. The van der Waals surface area contributed by atoms with Crippen LogP contribution in [0.4, 0.5) is 0 Å². The molecule has 2 aromatic rings. The van der Waals surface area contributed by atoms with E-state index in [1.54, 1.807) is 30.8 Å². The number of carbonyl (C=O) groups excluding carboxylic acids is 1. The van der Waals surface area contributed by atoms with Crippen LogP contribution >= 0.6 is 0 Å². The molecule has 0 fully saturated rings. The van der Waals surface area contributed by atoms with E-state index in [-0.39, 0.29) is 12.3 Å². The van der Waals surface area contributed by atoms with Gasteiger partial charge in [0, 0.05) is 12.7 Å². The van der Waals surface area contributed by atoms with E-state index in [0.29, 0.717) is 11.3 Å². The Morgan fingerprint density at radius 2 is 1.91 bits per heavy atom. The molecule has 6 nitrogen and oxygen atoms in total. The number of carboxylic acids is 1. The summed E-state index contributed by atoms with van der Waals surface area (Å²) >= 11 is 0. The number of aliphatic carboxylic acids is 1. The fourth-order valence-corrected chi connectivity index (χ4v) is 2.44. The van der Waals surface area contributed by atoms with Crippen molar-refractivity contribution in [2.24, 2.45) is 7.05 Å². The van der Waals surface area contributed by atoms with Crippen molar-refractivity contribution in [3.8, 4) is 0 Å². The van der Waals surface area contributed by atoms with E-state index >= 15 is 0 Å². The maximum atomic E-state index is 12.5. The molecule has 0 aliphatic heterocycles. The van der Waals surface area contributed by atoms with Crippen LogP contribution in [0.15, 0.2) is 30.3 Å². The zero-order chi connectivity index (χ0) is 16.3. The lowest BCUT2D eigenvalue weighted by atomic mass is 10.0. The predicted molar refractivity (Wildman–Crippen MR) is 81.6 cm³/mol. The highest BCUT2D eigenvalue weighted by Gasteiger charge is 2.22. The topological polar surface area (TPSA) is 84.2 Å². The van der Waals surface area contributed by atoms with Gasteiger partial charge >= 0.3 is 5.97 Å². The average molecular weight is 301 g/mol. The molecule has 0 aliphatic rings. The molecule has 0 saturated heterocycles. The van der Waals surface area contributed by atoms with Gasteiger partial charge in [-0.15, -0.1) is 0 Å². The third-order valence-corrected chi connectivity index (χ3v) is 3.62. The van der Waals surface area contributed by atoms with Crippen molar-refractivity contribution in [1.29, 1.82) is 0 Å². The van der Waals surface area contributed by atoms with Gasteiger partial charge in [-0.1, -0.05) is 30.3 Å². The molecule has 116 valence electrons.